The van der Waals surface area contributed by atoms with E-state index in [9.17, 15) is 4.79 Å². The molecule has 0 aromatic carbocycles. The van der Waals surface area contributed by atoms with Gasteiger partial charge >= 0.3 is 0 Å². The largest absolute Gasteiger partial charge is 0.350 e. The normalized spacial score (nSPS) is 10.9. The first-order valence-electron chi connectivity index (χ1n) is 6.47. The number of aromatic nitrogens is 1. The summed E-state index contributed by atoms with van der Waals surface area (Å²) in [5.41, 5.74) is 6.35. The van der Waals surface area contributed by atoms with Crippen molar-refractivity contribution in [2.45, 2.75) is 19.4 Å². The lowest BCUT2D eigenvalue weighted by Crippen LogP contribution is -2.48. The van der Waals surface area contributed by atoms with Crippen LogP contribution in [0.25, 0.3) is 0 Å². The van der Waals surface area contributed by atoms with Crippen molar-refractivity contribution in [3.05, 3.63) is 29.6 Å². The van der Waals surface area contributed by atoms with Crippen LogP contribution in [0.3, 0.4) is 0 Å². The Labute approximate surface area is 120 Å². The Bertz CT molecular complexity index is 526. The highest BCUT2D eigenvalue weighted by molar-refractivity contribution is 5.96. The average molecular weight is 274 g/mol. The second-order valence-electron chi connectivity index (χ2n) is 5.32. The molecule has 0 fully saturated rings. The van der Waals surface area contributed by atoms with Crippen LogP contribution in [0, 0.1) is 11.8 Å². The van der Waals surface area contributed by atoms with Crippen molar-refractivity contribution in [1.29, 1.82) is 0 Å². The number of carbonyl (C=O) groups is 1. The van der Waals surface area contributed by atoms with Gasteiger partial charge in [-0.05, 0) is 34.0 Å². The van der Waals surface area contributed by atoms with Gasteiger partial charge in [-0.25, -0.2) is 0 Å². The Balaban J connectivity index is 2.83. The van der Waals surface area contributed by atoms with Gasteiger partial charge in [0, 0.05) is 24.5 Å². The first-order valence-corrected chi connectivity index (χ1v) is 6.47. The lowest BCUT2D eigenvalue weighted by Gasteiger charge is -2.32. The number of nitrogens with zero attached hydrogens (tertiary/aromatic N) is 2. The predicted molar refractivity (Wildman–Crippen MR) is 80.3 cm³/mol. The molecule has 108 valence electrons. The van der Waals surface area contributed by atoms with Crippen LogP contribution < -0.4 is 11.1 Å². The van der Waals surface area contributed by atoms with Gasteiger partial charge in [-0.3, -0.25) is 9.78 Å². The molecule has 0 aliphatic rings. The van der Waals surface area contributed by atoms with Gasteiger partial charge in [0.25, 0.3) is 5.91 Å². The van der Waals surface area contributed by atoms with Crippen molar-refractivity contribution in [2.75, 3.05) is 27.2 Å². The summed E-state index contributed by atoms with van der Waals surface area (Å²) in [4.78, 5) is 18.3. The van der Waals surface area contributed by atoms with Gasteiger partial charge in [0.05, 0.1) is 17.7 Å². The number of hydrogen-bond acceptors (Lipinski definition) is 4. The predicted octanol–water partition coefficient (Wildman–Crippen LogP) is 0.462. The summed E-state index contributed by atoms with van der Waals surface area (Å²) in [5, 5.41) is 2.93. The van der Waals surface area contributed by atoms with Crippen molar-refractivity contribution in [3.63, 3.8) is 0 Å². The molecule has 0 spiro atoms. The molecule has 3 N–H and O–H groups in total. The van der Waals surface area contributed by atoms with Gasteiger partial charge in [0.15, 0.2) is 0 Å². The first kappa shape index (κ1) is 16.2. The molecule has 0 saturated carbocycles. The minimum atomic E-state index is -0.149. The van der Waals surface area contributed by atoms with Gasteiger partial charge in [0.1, 0.15) is 0 Å². The monoisotopic (exact) mass is 274 g/mol. The number of nitrogens with one attached hydrogen (secondary N) is 1. The van der Waals surface area contributed by atoms with Crippen LogP contribution in [0.5, 0.6) is 0 Å². The standard InChI is InChI=1S/C15H22N4O/c1-15(2,19(3)4)11-18-14(20)13-7-9-17-10-12(13)6-5-8-16/h7,9-10H,8,11,16H2,1-4H3,(H,18,20). The molecule has 1 rings (SSSR count). The van der Waals surface area contributed by atoms with Gasteiger partial charge in [0.2, 0.25) is 0 Å². The molecule has 0 saturated heterocycles. The van der Waals surface area contributed by atoms with Crippen LogP contribution in [0.4, 0.5) is 0 Å². The lowest BCUT2D eigenvalue weighted by atomic mass is 10.0. The van der Waals surface area contributed by atoms with E-state index < -0.39 is 0 Å². The smallest absolute Gasteiger partial charge is 0.252 e. The van der Waals surface area contributed by atoms with Crippen molar-refractivity contribution in [1.82, 2.24) is 15.2 Å². The van der Waals surface area contributed by atoms with E-state index in [0.717, 1.165) is 0 Å². The highest BCUT2D eigenvalue weighted by Gasteiger charge is 2.21. The molecule has 0 aliphatic carbocycles. The zero-order chi connectivity index (χ0) is 15.2. The minimum Gasteiger partial charge on any atom is -0.350 e. The maximum Gasteiger partial charge on any atom is 0.252 e. The Hall–Kier alpha value is -1.90. The van der Waals surface area contributed by atoms with Crippen LogP contribution in [-0.2, 0) is 0 Å². The van der Waals surface area contributed by atoms with E-state index in [1.165, 1.54) is 0 Å². The maximum absolute atomic E-state index is 12.2. The topological polar surface area (TPSA) is 71.2 Å². The van der Waals surface area contributed by atoms with Gasteiger partial charge < -0.3 is 16.0 Å². The third-order valence-corrected chi connectivity index (χ3v) is 3.28. The highest BCUT2D eigenvalue weighted by atomic mass is 16.1. The number of nitrogens with two attached hydrogens (primary N) is 1. The fourth-order valence-corrected chi connectivity index (χ4v) is 1.39. The zero-order valence-corrected chi connectivity index (χ0v) is 12.5. The van der Waals surface area contributed by atoms with Crippen molar-refractivity contribution in [2.24, 2.45) is 5.73 Å². The molecule has 1 aromatic rings. The SMILES string of the molecule is CN(C)C(C)(C)CNC(=O)c1ccncc1C#CCN. The summed E-state index contributed by atoms with van der Waals surface area (Å²) < 4.78 is 0. The zero-order valence-electron chi connectivity index (χ0n) is 12.5. The number of carbonyl (C=O) groups excluding carboxylic acids is 1. The van der Waals surface area contributed by atoms with E-state index in [4.69, 9.17) is 5.73 Å². The molecule has 1 heterocycles. The summed E-state index contributed by atoms with van der Waals surface area (Å²) in [6.07, 6.45) is 3.16. The van der Waals surface area contributed by atoms with Crippen LogP contribution in [0.15, 0.2) is 18.5 Å². The number of likely N-dealkylation sites (N-methyl/N-ethyl adjacent to an activating group) is 1. The van der Waals surface area contributed by atoms with E-state index >= 15 is 0 Å². The molecule has 5 nitrogen and oxygen atoms in total. The molecule has 0 bridgehead atoms. The Kier molecular flexibility index (Phi) is 5.68. The van der Waals surface area contributed by atoms with Gasteiger partial charge in [-0.2, -0.15) is 0 Å². The summed E-state index contributed by atoms with van der Waals surface area (Å²) >= 11 is 0. The Morgan fingerprint density at radius 2 is 2.20 bits per heavy atom. The molecule has 0 atom stereocenters. The van der Waals surface area contributed by atoms with Crippen LogP contribution >= 0.6 is 0 Å². The van der Waals surface area contributed by atoms with Gasteiger partial charge in [-0.15, -0.1) is 0 Å². The number of pyridine rings is 1. The Morgan fingerprint density at radius 1 is 1.50 bits per heavy atom. The van der Waals surface area contributed by atoms with Crippen LogP contribution in [-0.4, -0.2) is 48.5 Å². The van der Waals surface area contributed by atoms with Crippen LogP contribution in [0.2, 0.25) is 0 Å². The summed E-state index contributed by atoms with van der Waals surface area (Å²) in [7, 11) is 3.97. The number of rotatable bonds is 4. The summed E-state index contributed by atoms with van der Waals surface area (Å²) in [6, 6.07) is 1.67. The first-order chi connectivity index (χ1) is 9.38. The molecule has 0 radical (unpaired) electrons. The van der Waals surface area contributed by atoms with Crippen molar-refractivity contribution in [3.8, 4) is 11.8 Å². The molecule has 5 heteroatoms. The third-order valence-electron chi connectivity index (χ3n) is 3.28. The number of amides is 1. The second kappa shape index (κ2) is 7.04. The molecular formula is C15H22N4O. The maximum atomic E-state index is 12.2. The summed E-state index contributed by atoms with van der Waals surface area (Å²) in [6.45, 7) is 4.93. The molecule has 20 heavy (non-hydrogen) atoms. The van der Waals surface area contributed by atoms with Gasteiger partial charge in [-0.1, -0.05) is 11.8 Å². The molecule has 1 amide bonds. The van der Waals surface area contributed by atoms with E-state index in [1.54, 1.807) is 18.5 Å². The fourth-order valence-electron chi connectivity index (χ4n) is 1.39. The van der Waals surface area contributed by atoms with Crippen molar-refractivity contribution >= 4 is 5.91 Å². The second-order valence-corrected chi connectivity index (χ2v) is 5.32. The molecule has 0 unspecified atom stereocenters. The minimum absolute atomic E-state index is 0.119. The third kappa shape index (κ3) is 4.34. The van der Waals surface area contributed by atoms with E-state index in [-0.39, 0.29) is 18.0 Å². The van der Waals surface area contributed by atoms with E-state index in [1.807, 2.05) is 14.1 Å². The molecule has 0 aliphatic heterocycles. The van der Waals surface area contributed by atoms with E-state index in [2.05, 4.69) is 40.9 Å². The fraction of sp³-hybridized carbons (Fsp3) is 0.467. The van der Waals surface area contributed by atoms with Crippen LogP contribution in [0.1, 0.15) is 29.8 Å². The van der Waals surface area contributed by atoms with E-state index in [0.29, 0.717) is 17.7 Å². The molecular weight excluding hydrogens is 252 g/mol. The lowest BCUT2D eigenvalue weighted by molar-refractivity contribution is 0.0919. The Morgan fingerprint density at radius 3 is 2.80 bits per heavy atom. The highest BCUT2D eigenvalue weighted by Crippen LogP contribution is 2.10. The molecule has 1 aromatic heterocycles. The number of hydrogen-bond donors (Lipinski definition) is 2. The quantitative estimate of drug-likeness (QED) is 0.783. The average Bonchev–Trinajstić information content (AvgIpc) is 2.42. The summed E-state index contributed by atoms with van der Waals surface area (Å²) in [5.74, 6) is 5.46. The van der Waals surface area contributed by atoms with Crippen molar-refractivity contribution < 1.29 is 4.79 Å².